The summed E-state index contributed by atoms with van der Waals surface area (Å²) in [5.74, 6) is 1.76. The third-order valence-electron chi connectivity index (χ3n) is 4.03. The second kappa shape index (κ2) is 6.42. The van der Waals surface area contributed by atoms with Gasteiger partial charge in [-0.25, -0.2) is 0 Å². The molecule has 4 nitrogen and oxygen atoms in total. The molecule has 19 heavy (non-hydrogen) atoms. The monoisotopic (exact) mass is 267 g/mol. The van der Waals surface area contributed by atoms with Crippen molar-refractivity contribution in [3.8, 4) is 0 Å². The number of allylic oxidation sites excluding steroid dienone is 1. The van der Waals surface area contributed by atoms with E-state index in [-0.39, 0.29) is 12.0 Å². The average molecular weight is 267 g/mol. The van der Waals surface area contributed by atoms with Crippen molar-refractivity contribution in [2.24, 2.45) is 11.8 Å². The fourth-order valence-electron chi connectivity index (χ4n) is 2.95. The normalized spacial score (nSPS) is 27.6. The Balaban J connectivity index is 1.86. The first-order valence-electron chi connectivity index (χ1n) is 7.32. The van der Waals surface area contributed by atoms with Crippen LogP contribution in [0.25, 0.3) is 0 Å². The lowest BCUT2D eigenvalue weighted by Gasteiger charge is -2.23. The second-order valence-electron chi connectivity index (χ2n) is 5.82. The molecule has 108 valence electrons. The Labute approximate surface area is 115 Å². The van der Waals surface area contributed by atoms with E-state index in [2.05, 4.69) is 19.2 Å². The van der Waals surface area contributed by atoms with Gasteiger partial charge in [0.05, 0.1) is 18.3 Å². The summed E-state index contributed by atoms with van der Waals surface area (Å²) >= 11 is 0. The number of amides is 1. The summed E-state index contributed by atoms with van der Waals surface area (Å²) in [4.78, 5) is 12.2. The SMILES string of the molecule is CC1=C(C(=O)NC[C@H]2CCO[C@@H]2C(C)C)CCCO1. The molecule has 1 amide bonds. The van der Waals surface area contributed by atoms with Gasteiger partial charge in [-0.05, 0) is 32.1 Å². The first-order valence-corrected chi connectivity index (χ1v) is 7.32. The Morgan fingerprint density at radius 2 is 2.21 bits per heavy atom. The van der Waals surface area contributed by atoms with E-state index in [0.717, 1.165) is 43.8 Å². The predicted molar refractivity (Wildman–Crippen MR) is 73.6 cm³/mol. The second-order valence-corrected chi connectivity index (χ2v) is 5.82. The molecule has 0 aliphatic carbocycles. The maximum Gasteiger partial charge on any atom is 0.250 e. The molecule has 1 fully saturated rings. The number of rotatable bonds is 4. The van der Waals surface area contributed by atoms with Crippen LogP contribution in [0, 0.1) is 11.8 Å². The fourth-order valence-corrected chi connectivity index (χ4v) is 2.95. The van der Waals surface area contributed by atoms with Crippen LogP contribution in [-0.4, -0.2) is 31.8 Å². The molecule has 2 heterocycles. The number of carbonyl (C=O) groups excluding carboxylic acids is 1. The summed E-state index contributed by atoms with van der Waals surface area (Å²) in [5.41, 5.74) is 0.811. The molecule has 0 aromatic heterocycles. The molecule has 2 aliphatic rings. The number of hydrogen-bond acceptors (Lipinski definition) is 3. The van der Waals surface area contributed by atoms with Crippen LogP contribution >= 0.6 is 0 Å². The highest BCUT2D eigenvalue weighted by atomic mass is 16.5. The lowest BCUT2D eigenvalue weighted by Crippen LogP contribution is -2.36. The van der Waals surface area contributed by atoms with Crippen LogP contribution in [0.5, 0.6) is 0 Å². The van der Waals surface area contributed by atoms with E-state index < -0.39 is 0 Å². The maximum atomic E-state index is 12.2. The van der Waals surface area contributed by atoms with E-state index in [1.54, 1.807) is 0 Å². The van der Waals surface area contributed by atoms with Gasteiger partial charge in [-0.3, -0.25) is 4.79 Å². The average Bonchev–Trinajstić information content (AvgIpc) is 2.85. The lowest BCUT2D eigenvalue weighted by atomic mass is 9.93. The van der Waals surface area contributed by atoms with Gasteiger partial charge in [0.2, 0.25) is 0 Å². The highest BCUT2D eigenvalue weighted by molar-refractivity contribution is 5.93. The summed E-state index contributed by atoms with van der Waals surface area (Å²) in [6.07, 6.45) is 3.07. The minimum atomic E-state index is 0.0339. The topological polar surface area (TPSA) is 47.6 Å². The highest BCUT2D eigenvalue weighted by Crippen LogP contribution is 2.26. The third-order valence-corrected chi connectivity index (χ3v) is 4.03. The fraction of sp³-hybridized carbons (Fsp3) is 0.800. The zero-order chi connectivity index (χ0) is 13.8. The van der Waals surface area contributed by atoms with Crippen molar-refractivity contribution in [3.63, 3.8) is 0 Å². The molecule has 0 saturated carbocycles. The first-order chi connectivity index (χ1) is 9.09. The number of hydrogen-bond donors (Lipinski definition) is 1. The molecule has 0 bridgehead atoms. The van der Waals surface area contributed by atoms with Gasteiger partial charge >= 0.3 is 0 Å². The zero-order valence-electron chi connectivity index (χ0n) is 12.2. The van der Waals surface area contributed by atoms with Crippen molar-refractivity contribution in [1.82, 2.24) is 5.32 Å². The molecule has 2 rings (SSSR count). The molecule has 0 aromatic rings. The van der Waals surface area contributed by atoms with Crippen LogP contribution in [-0.2, 0) is 14.3 Å². The van der Waals surface area contributed by atoms with Crippen molar-refractivity contribution in [2.45, 2.75) is 46.1 Å². The van der Waals surface area contributed by atoms with E-state index >= 15 is 0 Å². The van der Waals surface area contributed by atoms with Gasteiger partial charge in [-0.1, -0.05) is 13.8 Å². The van der Waals surface area contributed by atoms with E-state index in [0.29, 0.717) is 18.4 Å². The molecule has 0 unspecified atom stereocenters. The van der Waals surface area contributed by atoms with Crippen LogP contribution in [0.1, 0.15) is 40.0 Å². The minimum Gasteiger partial charge on any atom is -0.498 e. The van der Waals surface area contributed by atoms with Gasteiger partial charge in [0.25, 0.3) is 5.91 Å². The molecule has 4 heteroatoms. The van der Waals surface area contributed by atoms with Crippen LogP contribution in [0.4, 0.5) is 0 Å². The first kappa shape index (κ1) is 14.4. The van der Waals surface area contributed by atoms with Crippen LogP contribution in [0.2, 0.25) is 0 Å². The summed E-state index contributed by atoms with van der Waals surface area (Å²) < 4.78 is 11.2. The number of carbonyl (C=O) groups is 1. The Hall–Kier alpha value is -1.03. The molecule has 1 saturated heterocycles. The minimum absolute atomic E-state index is 0.0339. The van der Waals surface area contributed by atoms with Crippen LogP contribution in [0.3, 0.4) is 0 Å². The summed E-state index contributed by atoms with van der Waals surface area (Å²) in [6.45, 7) is 8.48. The molecule has 0 spiro atoms. The van der Waals surface area contributed by atoms with Gasteiger partial charge < -0.3 is 14.8 Å². The van der Waals surface area contributed by atoms with Crippen molar-refractivity contribution in [2.75, 3.05) is 19.8 Å². The third kappa shape index (κ3) is 3.50. The van der Waals surface area contributed by atoms with Crippen molar-refractivity contribution < 1.29 is 14.3 Å². The van der Waals surface area contributed by atoms with E-state index in [1.807, 2.05) is 6.92 Å². The summed E-state index contributed by atoms with van der Waals surface area (Å²) in [7, 11) is 0. The van der Waals surface area contributed by atoms with Gasteiger partial charge in [0.1, 0.15) is 5.76 Å². The molecule has 2 atom stereocenters. The van der Waals surface area contributed by atoms with Gasteiger partial charge in [-0.2, -0.15) is 0 Å². The Morgan fingerprint density at radius 1 is 1.42 bits per heavy atom. The van der Waals surface area contributed by atoms with Crippen molar-refractivity contribution >= 4 is 5.91 Å². The standard InChI is InChI=1S/C15H25NO3/c1-10(2)14-12(6-8-19-14)9-16-15(17)13-5-4-7-18-11(13)3/h10,12,14H,4-9H2,1-3H3,(H,16,17)/t12-,14-/m1/s1. The number of ether oxygens (including phenoxy) is 2. The molecular weight excluding hydrogens is 242 g/mol. The van der Waals surface area contributed by atoms with E-state index in [9.17, 15) is 4.79 Å². The quantitative estimate of drug-likeness (QED) is 0.850. The van der Waals surface area contributed by atoms with E-state index in [1.165, 1.54) is 0 Å². The van der Waals surface area contributed by atoms with E-state index in [4.69, 9.17) is 9.47 Å². The maximum absolute atomic E-state index is 12.2. The predicted octanol–water partition coefficient (Wildman–Crippen LogP) is 2.25. The van der Waals surface area contributed by atoms with Gasteiger partial charge in [0, 0.05) is 19.1 Å². The Bertz CT molecular complexity index is 362. The van der Waals surface area contributed by atoms with Gasteiger partial charge in [-0.15, -0.1) is 0 Å². The molecule has 1 N–H and O–H groups in total. The smallest absolute Gasteiger partial charge is 0.250 e. The van der Waals surface area contributed by atoms with Gasteiger partial charge in [0.15, 0.2) is 0 Å². The highest BCUT2D eigenvalue weighted by Gasteiger charge is 2.31. The molecule has 0 aromatic carbocycles. The van der Waals surface area contributed by atoms with Crippen LogP contribution in [0.15, 0.2) is 11.3 Å². The number of nitrogens with one attached hydrogen (secondary N) is 1. The van der Waals surface area contributed by atoms with Crippen molar-refractivity contribution in [3.05, 3.63) is 11.3 Å². The zero-order valence-corrected chi connectivity index (χ0v) is 12.2. The Kier molecular flexibility index (Phi) is 4.86. The Morgan fingerprint density at radius 3 is 2.89 bits per heavy atom. The lowest BCUT2D eigenvalue weighted by molar-refractivity contribution is -0.118. The molecule has 2 aliphatic heterocycles. The molecular formula is C15H25NO3. The largest absolute Gasteiger partial charge is 0.498 e. The molecule has 0 radical (unpaired) electrons. The van der Waals surface area contributed by atoms with Crippen LogP contribution < -0.4 is 5.32 Å². The van der Waals surface area contributed by atoms with Crippen molar-refractivity contribution in [1.29, 1.82) is 0 Å². The summed E-state index contributed by atoms with van der Waals surface area (Å²) in [6, 6.07) is 0. The summed E-state index contributed by atoms with van der Waals surface area (Å²) in [5, 5.41) is 3.05.